The van der Waals surface area contributed by atoms with Gasteiger partial charge >= 0.3 is 6.18 Å². The van der Waals surface area contributed by atoms with Crippen LogP contribution in [-0.4, -0.2) is 11.3 Å². The van der Waals surface area contributed by atoms with Gasteiger partial charge in [0, 0.05) is 0 Å². The minimum Gasteiger partial charge on any atom is -0.376 e. The molecule has 1 N–H and O–H groups in total. The summed E-state index contributed by atoms with van der Waals surface area (Å²) < 4.78 is 38.9. The average molecular weight is 302 g/mol. The molecule has 0 aliphatic rings. The molecular formula is C17H25F3O. The summed E-state index contributed by atoms with van der Waals surface area (Å²) in [5.41, 5.74) is -0.922. The number of alkyl halides is 3. The van der Waals surface area contributed by atoms with Gasteiger partial charge in [0.1, 0.15) is 0 Å². The molecule has 0 saturated carbocycles. The Kier molecular flexibility index (Phi) is 5.48. The summed E-state index contributed by atoms with van der Waals surface area (Å²) in [6.07, 6.45) is -3.14. The third kappa shape index (κ3) is 4.47. The van der Waals surface area contributed by atoms with Crippen LogP contribution in [0.2, 0.25) is 0 Å². The molecule has 0 spiro atoms. The van der Waals surface area contributed by atoms with Gasteiger partial charge in [0.05, 0.1) is 0 Å². The van der Waals surface area contributed by atoms with E-state index in [-0.39, 0.29) is 5.56 Å². The highest BCUT2D eigenvalue weighted by molar-refractivity contribution is 5.36. The first-order valence-corrected chi connectivity index (χ1v) is 7.36. The molecule has 1 rings (SSSR count). The van der Waals surface area contributed by atoms with Crippen LogP contribution in [0.25, 0.3) is 0 Å². The van der Waals surface area contributed by atoms with E-state index in [1.54, 1.807) is 6.07 Å². The molecule has 1 aromatic rings. The van der Waals surface area contributed by atoms with Crippen molar-refractivity contribution in [1.82, 2.24) is 0 Å². The molecule has 0 radical (unpaired) electrons. The van der Waals surface area contributed by atoms with Gasteiger partial charge in [-0.3, -0.25) is 0 Å². The Labute approximate surface area is 125 Å². The maximum atomic E-state index is 13.0. The van der Waals surface area contributed by atoms with Crippen molar-refractivity contribution < 1.29 is 18.3 Å². The van der Waals surface area contributed by atoms with Gasteiger partial charge in [-0.1, -0.05) is 45.9 Å². The van der Waals surface area contributed by atoms with Gasteiger partial charge in [-0.25, -0.2) is 0 Å². The number of benzene rings is 1. The van der Waals surface area contributed by atoms with E-state index in [4.69, 9.17) is 0 Å². The Hall–Kier alpha value is -1.03. The molecule has 0 aromatic heterocycles. The molecule has 1 unspecified atom stereocenters. The van der Waals surface area contributed by atoms with E-state index >= 15 is 0 Å². The standard InChI is InChI=1S/C17H25F3O/c1-11(2)8-13-6-7-15(10-14(13)9-12(3)4)16(5,21)17(18,19)20/h6-7,10-12,21H,8-9H2,1-5H3. The molecular weight excluding hydrogens is 277 g/mol. The lowest BCUT2D eigenvalue weighted by Gasteiger charge is -2.28. The maximum Gasteiger partial charge on any atom is 0.421 e. The fraction of sp³-hybridized carbons (Fsp3) is 0.647. The summed E-state index contributed by atoms with van der Waals surface area (Å²) in [5.74, 6) is 0.784. The lowest BCUT2D eigenvalue weighted by molar-refractivity contribution is -0.258. The highest BCUT2D eigenvalue weighted by Crippen LogP contribution is 2.39. The quantitative estimate of drug-likeness (QED) is 0.824. The van der Waals surface area contributed by atoms with Crippen molar-refractivity contribution in [1.29, 1.82) is 0 Å². The topological polar surface area (TPSA) is 20.2 Å². The Bertz CT molecular complexity index is 473. The van der Waals surface area contributed by atoms with E-state index in [9.17, 15) is 18.3 Å². The number of rotatable bonds is 5. The van der Waals surface area contributed by atoms with Gasteiger partial charge in [0.2, 0.25) is 0 Å². The second-order valence-electron chi connectivity index (χ2n) is 6.75. The zero-order valence-corrected chi connectivity index (χ0v) is 13.4. The minimum absolute atomic E-state index is 0.0850. The first kappa shape index (κ1) is 18.0. The van der Waals surface area contributed by atoms with E-state index < -0.39 is 11.8 Å². The zero-order valence-electron chi connectivity index (χ0n) is 13.4. The molecule has 1 nitrogen and oxygen atoms in total. The van der Waals surface area contributed by atoms with E-state index in [0.29, 0.717) is 18.3 Å². The Balaban J connectivity index is 3.27. The lowest BCUT2D eigenvalue weighted by Crippen LogP contribution is -2.39. The van der Waals surface area contributed by atoms with Crippen LogP contribution in [0.1, 0.15) is 51.3 Å². The average Bonchev–Trinajstić information content (AvgIpc) is 2.28. The normalized spacial score (nSPS) is 15.6. The van der Waals surface area contributed by atoms with Crippen molar-refractivity contribution in [3.05, 3.63) is 34.9 Å². The monoisotopic (exact) mass is 302 g/mol. The van der Waals surface area contributed by atoms with Crippen LogP contribution >= 0.6 is 0 Å². The number of halogens is 3. The Morgan fingerprint density at radius 3 is 1.86 bits per heavy atom. The van der Waals surface area contributed by atoms with Crippen LogP contribution in [0.3, 0.4) is 0 Å². The van der Waals surface area contributed by atoms with Crippen molar-refractivity contribution >= 4 is 0 Å². The maximum absolute atomic E-state index is 13.0. The molecule has 120 valence electrons. The van der Waals surface area contributed by atoms with E-state index in [1.165, 1.54) is 12.1 Å². The van der Waals surface area contributed by atoms with Crippen LogP contribution in [0, 0.1) is 11.8 Å². The van der Waals surface area contributed by atoms with E-state index in [2.05, 4.69) is 13.8 Å². The highest BCUT2D eigenvalue weighted by Gasteiger charge is 2.51. The highest BCUT2D eigenvalue weighted by atomic mass is 19.4. The fourth-order valence-corrected chi connectivity index (χ4v) is 2.36. The molecule has 0 aliphatic carbocycles. The predicted octanol–water partition coefficient (Wildman–Crippen LogP) is 4.85. The van der Waals surface area contributed by atoms with E-state index in [1.807, 2.05) is 13.8 Å². The molecule has 0 aliphatic heterocycles. The summed E-state index contributed by atoms with van der Waals surface area (Å²) >= 11 is 0. The number of hydrogen-bond acceptors (Lipinski definition) is 1. The molecule has 1 aromatic carbocycles. The second kappa shape index (κ2) is 6.39. The van der Waals surface area contributed by atoms with Crippen LogP contribution in [-0.2, 0) is 18.4 Å². The molecule has 0 saturated heterocycles. The van der Waals surface area contributed by atoms with Crippen LogP contribution in [0.4, 0.5) is 13.2 Å². The van der Waals surface area contributed by atoms with Crippen LogP contribution < -0.4 is 0 Å². The second-order valence-corrected chi connectivity index (χ2v) is 6.75. The summed E-state index contributed by atoms with van der Waals surface area (Å²) in [7, 11) is 0. The smallest absolute Gasteiger partial charge is 0.376 e. The summed E-state index contributed by atoms with van der Waals surface area (Å²) in [6, 6.07) is 4.65. The minimum atomic E-state index is -4.68. The SMILES string of the molecule is CC(C)Cc1ccc(C(C)(O)C(F)(F)F)cc1CC(C)C. The van der Waals surface area contributed by atoms with Crippen molar-refractivity contribution in [3.8, 4) is 0 Å². The Morgan fingerprint density at radius 1 is 0.952 bits per heavy atom. The third-order valence-electron chi connectivity index (χ3n) is 3.58. The van der Waals surface area contributed by atoms with E-state index in [0.717, 1.165) is 24.5 Å². The molecule has 0 heterocycles. The summed E-state index contributed by atoms with van der Waals surface area (Å²) in [6.45, 7) is 9.04. The van der Waals surface area contributed by atoms with Crippen LogP contribution in [0.15, 0.2) is 18.2 Å². The largest absolute Gasteiger partial charge is 0.421 e. The van der Waals surface area contributed by atoms with Crippen molar-refractivity contribution in [3.63, 3.8) is 0 Å². The summed E-state index contributed by atoms with van der Waals surface area (Å²) in [4.78, 5) is 0. The molecule has 0 amide bonds. The molecule has 0 bridgehead atoms. The molecule has 1 atom stereocenters. The number of aliphatic hydroxyl groups is 1. The van der Waals surface area contributed by atoms with Gasteiger partial charge in [-0.2, -0.15) is 13.2 Å². The van der Waals surface area contributed by atoms with Crippen molar-refractivity contribution in [2.24, 2.45) is 11.8 Å². The Morgan fingerprint density at radius 2 is 1.43 bits per heavy atom. The molecule has 21 heavy (non-hydrogen) atoms. The van der Waals surface area contributed by atoms with Crippen molar-refractivity contribution in [2.45, 2.75) is 59.2 Å². The third-order valence-corrected chi connectivity index (χ3v) is 3.58. The van der Waals surface area contributed by atoms with Gasteiger partial charge < -0.3 is 5.11 Å². The van der Waals surface area contributed by atoms with Gasteiger partial charge in [0.25, 0.3) is 0 Å². The van der Waals surface area contributed by atoms with Crippen LogP contribution in [0.5, 0.6) is 0 Å². The predicted molar refractivity (Wildman–Crippen MR) is 79.2 cm³/mol. The first-order valence-electron chi connectivity index (χ1n) is 7.36. The van der Waals surface area contributed by atoms with Gasteiger partial charge in [-0.05, 0) is 48.3 Å². The molecule has 4 heteroatoms. The lowest BCUT2D eigenvalue weighted by atomic mass is 9.87. The number of hydrogen-bond donors (Lipinski definition) is 1. The summed E-state index contributed by atoms with van der Waals surface area (Å²) in [5, 5.41) is 9.83. The fourth-order valence-electron chi connectivity index (χ4n) is 2.36. The van der Waals surface area contributed by atoms with Gasteiger partial charge in [-0.15, -0.1) is 0 Å². The zero-order chi connectivity index (χ0) is 16.4. The van der Waals surface area contributed by atoms with Gasteiger partial charge in [0.15, 0.2) is 5.60 Å². The first-order chi connectivity index (χ1) is 9.45. The van der Waals surface area contributed by atoms with Crippen molar-refractivity contribution in [2.75, 3.05) is 0 Å². The molecule has 0 fully saturated rings.